The first-order chi connectivity index (χ1) is 8.97. The number of halogens is 2. The Balaban J connectivity index is 2.25. The minimum absolute atomic E-state index is 0.282. The molecule has 0 saturated heterocycles. The number of hydrogen-bond acceptors (Lipinski definition) is 3. The van der Waals surface area contributed by atoms with Crippen LogP contribution in [-0.4, -0.2) is 5.91 Å². The number of carbonyl (C=O) groups is 1. The fraction of sp³-hybridized carbons (Fsp3) is 0. The molecule has 0 fully saturated rings. The first-order valence-corrected chi connectivity index (χ1v) is 6.14. The van der Waals surface area contributed by atoms with Crippen molar-refractivity contribution in [2.45, 2.75) is 0 Å². The van der Waals surface area contributed by atoms with E-state index in [1.54, 1.807) is 30.3 Å². The fourth-order valence-electron chi connectivity index (χ4n) is 1.54. The van der Waals surface area contributed by atoms with E-state index in [9.17, 15) is 4.79 Å². The summed E-state index contributed by atoms with van der Waals surface area (Å²) in [4.78, 5) is 12.1. The zero-order valence-corrected chi connectivity index (χ0v) is 11.3. The molecule has 0 aliphatic carbocycles. The van der Waals surface area contributed by atoms with Crippen LogP contribution in [0.15, 0.2) is 36.4 Å². The van der Waals surface area contributed by atoms with E-state index in [0.717, 1.165) is 0 Å². The standard InChI is InChI=1S/C13H11Cl2N3O/c14-10-5-7(16)1-3-9(10)13(19)18-12-4-2-8(17)6-11(12)15/h1-6H,16-17H2,(H,18,19). The van der Waals surface area contributed by atoms with Gasteiger partial charge in [0.25, 0.3) is 5.91 Å². The quantitative estimate of drug-likeness (QED) is 0.743. The molecular weight excluding hydrogens is 285 g/mol. The summed E-state index contributed by atoms with van der Waals surface area (Å²) in [6.45, 7) is 0. The van der Waals surface area contributed by atoms with Gasteiger partial charge in [0.05, 0.1) is 21.3 Å². The molecule has 19 heavy (non-hydrogen) atoms. The number of hydrogen-bond donors (Lipinski definition) is 3. The highest BCUT2D eigenvalue weighted by Crippen LogP contribution is 2.26. The summed E-state index contributed by atoms with van der Waals surface area (Å²) in [6, 6.07) is 9.50. The van der Waals surface area contributed by atoms with Crippen molar-refractivity contribution in [3.63, 3.8) is 0 Å². The number of nitrogens with one attached hydrogen (secondary N) is 1. The molecular formula is C13H11Cl2N3O. The molecule has 0 radical (unpaired) electrons. The number of amides is 1. The van der Waals surface area contributed by atoms with Gasteiger partial charge in [-0.15, -0.1) is 0 Å². The third-order valence-corrected chi connectivity index (χ3v) is 3.10. The van der Waals surface area contributed by atoms with Crippen LogP contribution in [0, 0.1) is 0 Å². The molecule has 0 atom stereocenters. The molecule has 2 aromatic carbocycles. The van der Waals surface area contributed by atoms with Gasteiger partial charge < -0.3 is 16.8 Å². The summed E-state index contributed by atoms with van der Waals surface area (Å²) in [6.07, 6.45) is 0. The van der Waals surface area contributed by atoms with Crippen molar-refractivity contribution in [2.24, 2.45) is 0 Å². The van der Waals surface area contributed by atoms with Gasteiger partial charge in [0.1, 0.15) is 0 Å². The highest BCUT2D eigenvalue weighted by Gasteiger charge is 2.12. The average Bonchev–Trinajstić information content (AvgIpc) is 2.32. The number of rotatable bonds is 2. The monoisotopic (exact) mass is 295 g/mol. The van der Waals surface area contributed by atoms with Crippen LogP contribution in [0.1, 0.15) is 10.4 Å². The van der Waals surface area contributed by atoms with Gasteiger partial charge in [0.2, 0.25) is 0 Å². The lowest BCUT2D eigenvalue weighted by molar-refractivity contribution is 0.102. The zero-order valence-electron chi connectivity index (χ0n) is 9.78. The highest BCUT2D eigenvalue weighted by atomic mass is 35.5. The number of nitrogen functional groups attached to an aromatic ring is 2. The van der Waals surface area contributed by atoms with Crippen molar-refractivity contribution >= 4 is 46.2 Å². The molecule has 6 heteroatoms. The Morgan fingerprint density at radius 3 is 2.11 bits per heavy atom. The molecule has 5 N–H and O–H groups in total. The molecule has 98 valence electrons. The lowest BCUT2D eigenvalue weighted by Gasteiger charge is -2.09. The van der Waals surface area contributed by atoms with Crippen molar-refractivity contribution < 1.29 is 4.79 Å². The van der Waals surface area contributed by atoms with Crippen molar-refractivity contribution in [1.82, 2.24) is 0 Å². The van der Waals surface area contributed by atoms with Crippen LogP contribution in [0.3, 0.4) is 0 Å². The lowest BCUT2D eigenvalue weighted by Crippen LogP contribution is -2.13. The first-order valence-electron chi connectivity index (χ1n) is 5.39. The lowest BCUT2D eigenvalue weighted by atomic mass is 10.2. The van der Waals surface area contributed by atoms with Crippen LogP contribution in [0.2, 0.25) is 10.0 Å². The van der Waals surface area contributed by atoms with Gasteiger partial charge >= 0.3 is 0 Å². The molecule has 0 aromatic heterocycles. The Hall–Kier alpha value is -1.91. The number of anilines is 3. The van der Waals surface area contributed by atoms with Crippen LogP contribution in [0.25, 0.3) is 0 Å². The Bertz CT molecular complexity index is 644. The van der Waals surface area contributed by atoms with E-state index < -0.39 is 0 Å². The van der Waals surface area contributed by atoms with Gasteiger partial charge in [-0.1, -0.05) is 23.2 Å². The number of nitrogens with two attached hydrogens (primary N) is 2. The highest BCUT2D eigenvalue weighted by molar-refractivity contribution is 6.36. The summed E-state index contributed by atoms with van der Waals surface area (Å²) in [7, 11) is 0. The first kappa shape index (κ1) is 13.5. The molecule has 0 aliphatic rings. The van der Waals surface area contributed by atoms with Gasteiger partial charge in [-0.2, -0.15) is 0 Å². The van der Waals surface area contributed by atoms with Crippen molar-refractivity contribution in [1.29, 1.82) is 0 Å². The molecule has 2 aromatic rings. The number of benzene rings is 2. The Kier molecular flexibility index (Phi) is 3.83. The second-order valence-corrected chi connectivity index (χ2v) is 4.75. The van der Waals surface area contributed by atoms with Crippen molar-refractivity contribution in [3.05, 3.63) is 52.0 Å². The van der Waals surface area contributed by atoms with Gasteiger partial charge in [0.15, 0.2) is 0 Å². The minimum atomic E-state index is -0.364. The van der Waals surface area contributed by atoms with Crippen LogP contribution >= 0.6 is 23.2 Å². The van der Waals surface area contributed by atoms with Crippen molar-refractivity contribution in [2.75, 3.05) is 16.8 Å². The molecule has 0 spiro atoms. The summed E-state index contributed by atoms with van der Waals surface area (Å²) >= 11 is 11.9. The predicted molar refractivity (Wildman–Crippen MR) is 79.7 cm³/mol. The van der Waals surface area contributed by atoms with Crippen LogP contribution < -0.4 is 16.8 Å². The maximum atomic E-state index is 12.1. The molecule has 4 nitrogen and oxygen atoms in total. The van der Waals surface area contributed by atoms with Crippen molar-refractivity contribution in [3.8, 4) is 0 Å². The Morgan fingerprint density at radius 1 is 0.947 bits per heavy atom. The second kappa shape index (κ2) is 5.38. The zero-order chi connectivity index (χ0) is 14.0. The predicted octanol–water partition coefficient (Wildman–Crippen LogP) is 3.41. The summed E-state index contributed by atoms with van der Waals surface area (Å²) in [5, 5.41) is 3.30. The minimum Gasteiger partial charge on any atom is -0.399 e. The van der Waals surface area contributed by atoms with E-state index in [-0.39, 0.29) is 10.9 Å². The van der Waals surface area contributed by atoms with Gasteiger partial charge in [-0.05, 0) is 36.4 Å². The molecule has 0 heterocycles. The Labute approximate surface area is 120 Å². The van der Waals surface area contributed by atoms with E-state index in [4.69, 9.17) is 34.7 Å². The van der Waals surface area contributed by atoms with Gasteiger partial charge in [-0.3, -0.25) is 4.79 Å². The molecule has 2 rings (SSSR count). The van der Waals surface area contributed by atoms with Crippen LogP contribution in [0.5, 0.6) is 0 Å². The van der Waals surface area contributed by atoms with Crippen LogP contribution in [-0.2, 0) is 0 Å². The van der Waals surface area contributed by atoms with Crippen LogP contribution in [0.4, 0.5) is 17.1 Å². The maximum Gasteiger partial charge on any atom is 0.257 e. The summed E-state index contributed by atoms with van der Waals surface area (Å²) < 4.78 is 0. The smallest absolute Gasteiger partial charge is 0.257 e. The normalized spacial score (nSPS) is 10.2. The largest absolute Gasteiger partial charge is 0.399 e. The van der Waals surface area contributed by atoms with E-state index in [0.29, 0.717) is 27.6 Å². The fourth-order valence-corrected chi connectivity index (χ4v) is 2.05. The Morgan fingerprint density at radius 2 is 1.53 bits per heavy atom. The van der Waals surface area contributed by atoms with E-state index in [1.165, 1.54) is 6.07 Å². The summed E-state index contributed by atoms with van der Waals surface area (Å²) in [5.41, 5.74) is 13.0. The third-order valence-electron chi connectivity index (χ3n) is 2.48. The molecule has 0 unspecified atom stereocenters. The molecule has 1 amide bonds. The SMILES string of the molecule is Nc1ccc(NC(=O)c2ccc(N)cc2Cl)c(Cl)c1. The molecule has 0 aliphatic heterocycles. The van der Waals surface area contributed by atoms with E-state index in [1.807, 2.05) is 0 Å². The molecule has 0 saturated carbocycles. The van der Waals surface area contributed by atoms with Gasteiger partial charge in [0, 0.05) is 11.4 Å². The average molecular weight is 296 g/mol. The van der Waals surface area contributed by atoms with E-state index >= 15 is 0 Å². The number of carbonyl (C=O) groups excluding carboxylic acids is 1. The third kappa shape index (κ3) is 3.10. The topological polar surface area (TPSA) is 81.1 Å². The van der Waals surface area contributed by atoms with Gasteiger partial charge in [-0.25, -0.2) is 0 Å². The molecule has 0 bridgehead atoms. The maximum absolute atomic E-state index is 12.1. The van der Waals surface area contributed by atoms with E-state index in [2.05, 4.69) is 5.32 Å². The summed E-state index contributed by atoms with van der Waals surface area (Å²) in [5.74, 6) is -0.364. The second-order valence-electron chi connectivity index (χ2n) is 3.93.